The minimum Gasteiger partial charge on any atom is -0.470 e. The Labute approximate surface area is 109 Å². The zero-order valence-corrected chi connectivity index (χ0v) is 10.0. The molecule has 8 heteroatoms. The summed E-state index contributed by atoms with van der Waals surface area (Å²) in [4.78, 5) is 14.0. The summed E-state index contributed by atoms with van der Waals surface area (Å²) in [6.45, 7) is 2.17. The van der Waals surface area contributed by atoms with Crippen molar-refractivity contribution >= 4 is 5.69 Å². The Morgan fingerprint density at radius 3 is 3.21 bits per heavy atom. The zero-order valence-electron chi connectivity index (χ0n) is 10.0. The van der Waals surface area contributed by atoms with E-state index >= 15 is 0 Å². The van der Waals surface area contributed by atoms with Crippen molar-refractivity contribution in [3.63, 3.8) is 0 Å². The topological polar surface area (TPSA) is 110 Å². The average molecular weight is 264 g/mol. The minimum absolute atomic E-state index is 0.0989. The molecule has 0 amide bonds. The highest BCUT2D eigenvalue weighted by atomic mass is 16.6. The third kappa shape index (κ3) is 3.37. The molecule has 1 N–H and O–H groups in total. The number of morpholine rings is 1. The van der Waals surface area contributed by atoms with Gasteiger partial charge in [0, 0.05) is 25.4 Å². The third-order valence-electron chi connectivity index (χ3n) is 2.57. The van der Waals surface area contributed by atoms with E-state index in [1.54, 1.807) is 6.07 Å². The van der Waals surface area contributed by atoms with Crippen molar-refractivity contribution in [2.75, 3.05) is 26.3 Å². The van der Waals surface area contributed by atoms with Gasteiger partial charge in [-0.1, -0.05) is 0 Å². The molecule has 100 valence electrons. The first-order valence-corrected chi connectivity index (χ1v) is 5.70. The summed E-state index contributed by atoms with van der Waals surface area (Å²) in [5.41, 5.74) is -0.197. The Hall–Kier alpha value is -2.24. The molecule has 0 spiro atoms. The van der Waals surface area contributed by atoms with Crippen LogP contribution in [0.25, 0.3) is 0 Å². The van der Waals surface area contributed by atoms with Crippen LogP contribution in [-0.4, -0.2) is 42.3 Å². The van der Waals surface area contributed by atoms with Crippen LogP contribution in [0.5, 0.6) is 5.88 Å². The van der Waals surface area contributed by atoms with Crippen molar-refractivity contribution < 1.29 is 14.4 Å². The number of nitriles is 1. The second-order valence-electron chi connectivity index (χ2n) is 3.93. The van der Waals surface area contributed by atoms with Crippen molar-refractivity contribution in [3.8, 4) is 11.9 Å². The number of hydrogen-bond donors (Lipinski definition) is 1. The highest BCUT2D eigenvalue weighted by Crippen LogP contribution is 2.25. The molecule has 1 aromatic rings. The summed E-state index contributed by atoms with van der Waals surface area (Å²) in [6, 6.07) is 2.94. The van der Waals surface area contributed by atoms with Gasteiger partial charge in [-0.3, -0.25) is 10.1 Å². The van der Waals surface area contributed by atoms with Gasteiger partial charge in [-0.15, -0.1) is 0 Å². The van der Waals surface area contributed by atoms with Crippen LogP contribution in [0.2, 0.25) is 0 Å². The molecule has 1 fully saturated rings. The van der Waals surface area contributed by atoms with Gasteiger partial charge in [0.05, 0.1) is 17.1 Å². The number of hydrogen-bond acceptors (Lipinski definition) is 7. The molecule has 19 heavy (non-hydrogen) atoms. The average Bonchev–Trinajstić information content (AvgIpc) is 2.46. The van der Waals surface area contributed by atoms with E-state index in [1.807, 2.05) is 0 Å². The first kappa shape index (κ1) is 13.2. The summed E-state index contributed by atoms with van der Waals surface area (Å²) in [7, 11) is 0. The number of nitrogens with zero attached hydrogens (tertiary/aromatic N) is 3. The van der Waals surface area contributed by atoms with E-state index in [2.05, 4.69) is 10.3 Å². The van der Waals surface area contributed by atoms with Gasteiger partial charge in [-0.25, -0.2) is 4.98 Å². The summed E-state index contributed by atoms with van der Waals surface area (Å²) >= 11 is 0. The summed E-state index contributed by atoms with van der Waals surface area (Å²) in [5.74, 6) is -0.0989. The van der Waals surface area contributed by atoms with Crippen LogP contribution in [0.3, 0.4) is 0 Å². The van der Waals surface area contributed by atoms with Crippen LogP contribution in [0.15, 0.2) is 12.3 Å². The predicted octanol–water partition coefficient (Wildman–Crippen LogP) is 0.229. The Morgan fingerprint density at radius 1 is 1.74 bits per heavy atom. The molecule has 1 atom stereocenters. The summed E-state index contributed by atoms with van der Waals surface area (Å²) < 4.78 is 10.7. The second kappa shape index (κ2) is 6.08. The zero-order chi connectivity index (χ0) is 13.7. The first-order valence-electron chi connectivity index (χ1n) is 5.70. The second-order valence-corrected chi connectivity index (χ2v) is 3.93. The SMILES string of the molecule is N#Cc1cnc(OCC2CNCCO2)c([N+](=O)[O-])c1. The molecule has 1 aliphatic heterocycles. The van der Waals surface area contributed by atoms with Gasteiger partial charge in [0.25, 0.3) is 5.88 Å². The third-order valence-corrected chi connectivity index (χ3v) is 2.57. The molecule has 2 rings (SSSR count). The van der Waals surface area contributed by atoms with E-state index in [9.17, 15) is 10.1 Å². The summed E-state index contributed by atoms with van der Waals surface area (Å²) in [6.07, 6.45) is 1.08. The van der Waals surface area contributed by atoms with Crippen molar-refractivity contribution in [2.24, 2.45) is 0 Å². The van der Waals surface area contributed by atoms with Crippen LogP contribution >= 0.6 is 0 Å². The quantitative estimate of drug-likeness (QED) is 0.612. The molecule has 1 aliphatic rings. The predicted molar refractivity (Wildman–Crippen MR) is 63.7 cm³/mol. The van der Waals surface area contributed by atoms with Crippen molar-refractivity contribution in [1.29, 1.82) is 5.26 Å². The maximum atomic E-state index is 10.9. The van der Waals surface area contributed by atoms with E-state index < -0.39 is 4.92 Å². The molecular formula is C11H12N4O4. The largest absolute Gasteiger partial charge is 0.470 e. The number of pyridine rings is 1. The smallest absolute Gasteiger partial charge is 0.332 e. The Morgan fingerprint density at radius 2 is 2.58 bits per heavy atom. The van der Waals surface area contributed by atoms with E-state index in [0.717, 1.165) is 12.6 Å². The lowest BCUT2D eigenvalue weighted by Crippen LogP contribution is -2.41. The molecule has 2 heterocycles. The molecule has 8 nitrogen and oxygen atoms in total. The minimum atomic E-state index is -0.622. The number of ether oxygens (including phenoxy) is 2. The monoisotopic (exact) mass is 264 g/mol. The van der Waals surface area contributed by atoms with Crippen LogP contribution in [-0.2, 0) is 4.74 Å². The fraction of sp³-hybridized carbons (Fsp3) is 0.455. The Balaban J connectivity index is 2.06. The molecule has 0 bridgehead atoms. The van der Waals surface area contributed by atoms with Gasteiger partial charge in [-0.2, -0.15) is 5.26 Å². The molecule has 0 aromatic carbocycles. The first-order chi connectivity index (χ1) is 9.20. The van der Waals surface area contributed by atoms with Crippen LogP contribution in [0.4, 0.5) is 5.69 Å². The fourth-order valence-corrected chi connectivity index (χ4v) is 1.64. The van der Waals surface area contributed by atoms with Crippen LogP contribution in [0.1, 0.15) is 5.56 Å². The number of nitro groups is 1. The van der Waals surface area contributed by atoms with E-state index in [0.29, 0.717) is 13.2 Å². The molecular weight excluding hydrogens is 252 g/mol. The van der Waals surface area contributed by atoms with Crippen LogP contribution < -0.4 is 10.1 Å². The van der Waals surface area contributed by atoms with Crippen molar-refractivity contribution in [3.05, 3.63) is 27.9 Å². The summed E-state index contributed by atoms with van der Waals surface area (Å²) in [5, 5.41) is 22.7. The van der Waals surface area contributed by atoms with Gasteiger partial charge in [0.2, 0.25) is 0 Å². The molecule has 0 aliphatic carbocycles. The Kier molecular flexibility index (Phi) is 4.22. The standard InChI is InChI=1S/C11H12N4O4/c12-4-8-3-10(15(16)17)11(14-5-8)19-7-9-6-13-1-2-18-9/h3,5,9,13H,1-2,6-7H2. The van der Waals surface area contributed by atoms with Gasteiger partial charge < -0.3 is 14.8 Å². The normalized spacial score (nSPS) is 18.6. The van der Waals surface area contributed by atoms with E-state index in [1.165, 1.54) is 6.20 Å². The lowest BCUT2D eigenvalue weighted by molar-refractivity contribution is -0.386. The lowest BCUT2D eigenvalue weighted by atomic mass is 10.3. The number of nitrogens with one attached hydrogen (secondary N) is 1. The highest BCUT2D eigenvalue weighted by Gasteiger charge is 2.20. The van der Waals surface area contributed by atoms with Gasteiger partial charge in [-0.05, 0) is 0 Å². The maximum Gasteiger partial charge on any atom is 0.332 e. The number of rotatable bonds is 4. The lowest BCUT2D eigenvalue weighted by Gasteiger charge is -2.23. The molecule has 0 saturated carbocycles. The van der Waals surface area contributed by atoms with Crippen molar-refractivity contribution in [1.82, 2.24) is 10.3 Å². The van der Waals surface area contributed by atoms with Gasteiger partial charge in [0.15, 0.2) is 0 Å². The fourth-order valence-electron chi connectivity index (χ4n) is 1.64. The Bertz CT molecular complexity index is 508. The number of aromatic nitrogens is 1. The van der Waals surface area contributed by atoms with E-state index in [-0.39, 0.29) is 29.8 Å². The molecule has 1 unspecified atom stereocenters. The van der Waals surface area contributed by atoms with Crippen LogP contribution in [0, 0.1) is 21.4 Å². The van der Waals surface area contributed by atoms with Crippen molar-refractivity contribution in [2.45, 2.75) is 6.10 Å². The maximum absolute atomic E-state index is 10.9. The molecule has 1 saturated heterocycles. The van der Waals surface area contributed by atoms with Gasteiger partial charge in [0.1, 0.15) is 18.8 Å². The van der Waals surface area contributed by atoms with Gasteiger partial charge >= 0.3 is 5.69 Å². The molecule has 0 radical (unpaired) electrons. The van der Waals surface area contributed by atoms with E-state index in [4.69, 9.17) is 14.7 Å². The molecule has 1 aromatic heterocycles. The highest BCUT2D eigenvalue weighted by molar-refractivity contribution is 5.46.